The van der Waals surface area contributed by atoms with Gasteiger partial charge in [0.1, 0.15) is 5.69 Å². The Kier molecular flexibility index (Phi) is 2.34. The van der Waals surface area contributed by atoms with Crippen LogP contribution < -0.4 is 0 Å². The van der Waals surface area contributed by atoms with Crippen molar-refractivity contribution in [1.82, 2.24) is 19.6 Å². The summed E-state index contributed by atoms with van der Waals surface area (Å²) in [5.41, 5.74) is 1.49. The van der Waals surface area contributed by atoms with Crippen molar-refractivity contribution in [3.63, 3.8) is 0 Å². The zero-order chi connectivity index (χ0) is 12.7. The minimum atomic E-state index is -0.981. The van der Waals surface area contributed by atoms with Crippen molar-refractivity contribution in [2.24, 2.45) is 0 Å². The van der Waals surface area contributed by atoms with Crippen LogP contribution in [0.1, 0.15) is 15.4 Å². The number of aromatic nitrogens is 4. The maximum atomic E-state index is 11.0. The number of pyridine rings is 1. The van der Waals surface area contributed by atoms with Crippen LogP contribution in [-0.2, 0) is 0 Å². The normalized spacial score (nSPS) is 10.9. The first kappa shape index (κ1) is 10.8. The summed E-state index contributed by atoms with van der Waals surface area (Å²) >= 11 is 1.51. The van der Waals surface area contributed by atoms with Crippen molar-refractivity contribution in [2.75, 3.05) is 0 Å². The number of rotatable bonds is 2. The van der Waals surface area contributed by atoms with Gasteiger partial charge in [-0.3, -0.25) is 4.40 Å². The average molecular weight is 260 g/mol. The Hall–Kier alpha value is -2.28. The van der Waals surface area contributed by atoms with Gasteiger partial charge >= 0.3 is 5.97 Å². The van der Waals surface area contributed by atoms with Gasteiger partial charge in [-0.15, -0.1) is 21.5 Å². The van der Waals surface area contributed by atoms with Crippen molar-refractivity contribution in [1.29, 1.82) is 0 Å². The molecule has 0 unspecified atom stereocenters. The van der Waals surface area contributed by atoms with Crippen molar-refractivity contribution >= 4 is 23.0 Å². The molecule has 0 aliphatic rings. The SMILES string of the molecule is Cc1nc(-c2nnc3ccc(C(=O)O)cn23)cs1. The standard InChI is InChI=1S/C11H8N4O2S/c1-6-12-8(5-18-6)10-14-13-9-3-2-7(11(16)17)4-15(9)10/h2-5H,1H3,(H,16,17). The zero-order valence-electron chi connectivity index (χ0n) is 9.36. The fourth-order valence-corrected chi connectivity index (χ4v) is 2.25. The lowest BCUT2D eigenvalue weighted by molar-refractivity contribution is 0.0696. The monoisotopic (exact) mass is 260 g/mol. The summed E-state index contributed by atoms with van der Waals surface area (Å²) in [6, 6.07) is 3.13. The number of hydrogen-bond donors (Lipinski definition) is 1. The van der Waals surface area contributed by atoms with Crippen LogP contribution in [0.2, 0.25) is 0 Å². The number of carbonyl (C=O) groups is 1. The number of carboxylic acids is 1. The molecule has 3 aromatic heterocycles. The molecule has 6 nitrogen and oxygen atoms in total. The van der Waals surface area contributed by atoms with Crippen molar-refractivity contribution in [3.05, 3.63) is 34.3 Å². The highest BCUT2D eigenvalue weighted by atomic mass is 32.1. The van der Waals surface area contributed by atoms with Crippen LogP contribution in [0.3, 0.4) is 0 Å². The zero-order valence-corrected chi connectivity index (χ0v) is 10.2. The molecule has 0 saturated carbocycles. The molecule has 18 heavy (non-hydrogen) atoms. The summed E-state index contributed by atoms with van der Waals surface area (Å²) in [4.78, 5) is 15.3. The molecule has 3 rings (SSSR count). The third kappa shape index (κ3) is 1.65. The van der Waals surface area contributed by atoms with E-state index in [-0.39, 0.29) is 5.56 Å². The Morgan fingerprint density at radius 1 is 1.39 bits per heavy atom. The van der Waals surface area contributed by atoms with E-state index in [0.29, 0.717) is 17.2 Å². The highest BCUT2D eigenvalue weighted by Gasteiger charge is 2.12. The minimum absolute atomic E-state index is 0.190. The summed E-state index contributed by atoms with van der Waals surface area (Å²) in [5, 5.41) is 19.8. The molecule has 0 fully saturated rings. The second-order valence-corrected chi connectivity index (χ2v) is 4.79. The molecule has 0 spiro atoms. The molecular weight excluding hydrogens is 252 g/mol. The lowest BCUT2D eigenvalue weighted by Crippen LogP contribution is -1.99. The molecular formula is C11H8N4O2S. The van der Waals surface area contributed by atoms with Gasteiger partial charge in [0.25, 0.3) is 0 Å². The molecule has 0 amide bonds. The number of aryl methyl sites for hydroxylation is 1. The smallest absolute Gasteiger partial charge is 0.337 e. The van der Waals surface area contributed by atoms with E-state index in [1.807, 2.05) is 12.3 Å². The lowest BCUT2D eigenvalue weighted by atomic mass is 10.3. The van der Waals surface area contributed by atoms with Crippen LogP contribution in [0, 0.1) is 6.92 Å². The number of carboxylic acid groups (broad SMARTS) is 1. The maximum absolute atomic E-state index is 11.0. The summed E-state index contributed by atoms with van der Waals surface area (Å²) < 4.78 is 1.64. The first-order chi connectivity index (χ1) is 8.65. The van der Waals surface area contributed by atoms with Gasteiger partial charge in [0, 0.05) is 11.6 Å². The first-order valence-electron chi connectivity index (χ1n) is 5.16. The third-order valence-corrected chi connectivity index (χ3v) is 3.27. The van der Waals surface area contributed by atoms with E-state index in [1.54, 1.807) is 10.5 Å². The largest absolute Gasteiger partial charge is 0.478 e. The summed E-state index contributed by atoms with van der Waals surface area (Å²) in [7, 11) is 0. The van der Waals surface area contributed by atoms with Gasteiger partial charge in [0.15, 0.2) is 11.5 Å². The predicted octanol–water partition coefficient (Wildman–Crippen LogP) is 1.86. The fraction of sp³-hybridized carbons (Fsp3) is 0.0909. The predicted molar refractivity (Wildman–Crippen MR) is 65.8 cm³/mol. The molecule has 0 atom stereocenters. The minimum Gasteiger partial charge on any atom is -0.478 e. The second-order valence-electron chi connectivity index (χ2n) is 3.73. The van der Waals surface area contributed by atoms with E-state index in [2.05, 4.69) is 15.2 Å². The van der Waals surface area contributed by atoms with Crippen molar-refractivity contribution in [3.8, 4) is 11.5 Å². The highest BCUT2D eigenvalue weighted by Crippen LogP contribution is 2.20. The summed E-state index contributed by atoms with van der Waals surface area (Å²) in [6.45, 7) is 1.90. The topological polar surface area (TPSA) is 80.4 Å². The Labute approximate surface area is 106 Å². The van der Waals surface area contributed by atoms with E-state index < -0.39 is 5.97 Å². The molecule has 0 aliphatic heterocycles. The van der Waals surface area contributed by atoms with Gasteiger partial charge in [-0.2, -0.15) is 0 Å². The van der Waals surface area contributed by atoms with Gasteiger partial charge in [-0.25, -0.2) is 9.78 Å². The molecule has 0 aliphatic carbocycles. The Morgan fingerprint density at radius 3 is 2.89 bits per heavy atom. The quantitative estimate of drug-likeness (QED) is 0.760. The molecule has 1 N–H and O–H groups in total. The van der Waals surface area contributed by atoms with Crippen LogP contribution in [-0.4, -0.2) is 30.7 Å². The number of nitrogens with zero attached hydrogens (tertiary/aromatic N) is 4. The molecule has 0 bridgehead atoms. The van der Waals surface area contributed by atoms with Gasteiger partial charge in [0.05, 0.1) is 10.6 Å². The highest BCUT2D eigenvalue weighted by molar-refractivity contribution is 7.09. The fourth-order valence-electron chi connectivity index (χ4n) is 1.66. The van der Waals surface area contributed by atoms with E-state index in [0.717, 1.165) is 5.01 Å². The van der Waals surface area contributed by atoms with Gasteiger partial charge in [-0.1, -0.05) is 0 Å². The first-order valence-corrected chi connectivity index (χ1v) is 6.04. The number of fused-ring (bicyclic) bond motifs is 1. The summed E-state index contributed by atoms with van der Waals surface area (Å²) in [6.07, 6.45) is 1.50. The Balaban J connectivity index is 2.23. The van der Waals surface area contributed by atoms with Crippen molar-refractivity contribution < 1.29 is 9.90 Å². The molecule has 0 radical (unpaired) electrons. The van der Waals surface area contributed by atoms with E-state index in [4.69, 9.17) is 5.11 Å². The van der Waals surface area contributed by atoms with Crippen LogP contribution in [0.15, 0.2) is 23.7 Å². The molecule has 7 heteroatoms. The molecule has 3 heterocycles. The van der Waals surface area contributed by atoms with Gasteiger partial charge in [0.2, 0.25) is 0 Å². The number of hydrogen-bond acceptors (Lipinski definition) is 5. The average Bonchev–Trinajstić information content (AvgIpc) is 2.93. The Bertz CT molecular complexity index is 746. The third-order valence-electron chi connectivity index (χ3n) is 2.50. The van der Waals surface area contributed by atoms with Crippen LogP contribution >= 0.6 is 11.3 Å². The number of thiazole rings is 1. The van der Waals surface area contributed by atoms with Crippen LogP contribution in [0.25, 0.3) is 17.2 Å². The number of aromatic carboxylic acids is 1. The molecule has 3 aromatic rings. The van der Waals surface area contributed by atoms with Gasteiger partial charge in [-0.05, 0) is 19.1 Å². The van der Waals surface area contributed by atoms with Crippen molar-refractivity contribution in [2.45, 2.75) is 6.92 Å². The lowest BCUT2D eigenvalue weighted by Gasteiger charge is -1.98. The van der Waals surface area contributed by atoms with Crippen LogP contribution in [0.4, 0.5) is 0 Å². The van der Waals surface area contributed by atoms with Crippen LogP contribution in [0.5, 0.6) is 0 Å². The second kappa shape index (κ2) is 3.88. The molecule has 90 valence electrons. The summed E-state index contributed by atoms with van der Waals surface area (Å²) in [5.74, 6) is -0.427. The Morgan fingerprint density at radius 2 is 2.22 bits per heavy atom. The maximum Gasteiger partial charge on any atom is 0.337 e. The van der Waals surface area contributed by atoms with E-state index >= 15 is 0 Å². The van der Waals surface area contributed by atoms with E-state index in [9.17, 15) is 4.79 Å². The van der Waals surface area contributed by atoms with E-state index in [1.165, 1.54) is 23.6 Å². The molecule has 0 aromatic carbocycles. The van der Waals surface area contributed by atoms with Gasteiger partial charge < -0.3 is 5.11 Å². The molecule has 0 saturated heterocycles.